The Kier molecular flexibility index (Phi) is 5.81. The van der Waals surface area contributed by atoms with Gasteiger partial charge in [0.25, 0.3) is 0 Å². The molecule has 0 saturated carbocycles. The zero-order chi connectivity index (χ0) is 18.4. The van der Waals surface area contributed by atoms with Crippen molar-refractivity contribution in [3.8, 4) is 0 Å². The van der Waals surface area contributed by atoms with Gasteiger partial charge in [0.1, 0.15) is 0 Å². The van der Waals surface area contributed by atoms with Crippen LogP contribution in [0.15, 0.2) is 83.3 Å². The number of rotatable bonds is 6. The molecule has 0 spiro atoms. The molecule has 4 nitrogen and oxygen atoms in total. The zero-order valence-corrected chi connectivity index (χ0v) is 15.5. The topological polar surface area (TPSA) is 58.2 Å². The molecule has 26 heavy (non-hydrogen) atoms. The molecule has 1 amide bonds. The van der Waals surface area contributed by atoms with Crippen LogP contribution >= 0.6 is 15.9 Å². The fourth-order valence-corrected chi connectivity index (χ4v) is 2.74. The highest BCUT2D eigenvalue weighted by molar-refractivity contribution is 9.10. The van der Waals surface area contributed by atoms with Gasteiger partial charge in [-0.3, -0.25) is 9.59 Å². The maximum absolute atomic E-state index is 12.7. The third kappa shape index (κ3) is 4.58. The van der Waals surface area contributed by atoms with Crippen molar-refractivity contribution in [1.29, 1.82) is 0 Å². The molecule has 130 valence electrons. The van der Waals surface area contributed by atoms with Crippen molar-refractivity contribution in [2.75, 3.05) is 17.2 Å². The lowest BCUT2D eigenvalue weighted by atomic mass is 10.0. The molecule has 0 radical (unpaired) electrons. The van der Waals surface area contributed by atoms with Crippen LogP contribution in [0, 0.1) is 0 Å². The van der Waals surface area contributed by atoms with Gasteiger partial charge in [-0.1, -0.05) is 58.4 Å². The highest BCUT2D eigenvalue weighted by atomic mass is 79.9. The first-order valence-corrected chi connectivity index (χ1v) is 8.91. The molecular formula is C21H17BrN2O2. The van der Waals surface area contributed by atoms with Gasteiger partial charge in [-0.25, -0.2) is 0 Å². The molecule has 0 aromatic heterocycles. The summed E-state index contributed by atoms with van der Waals surface area (Å²) in [4.78, 5) is 25.0. The molecule has 0 unspecified atom stereocenters. The number of anilines is 2. The Bertz CT molecular complexity index is 909. The molecule has 3 aromatic carbocycles. The van der Waals surface area contributed by atoms with Crippen LogP contribution in [-0.2, 0) is 4.79 Å². The highest BCUT2D eigenvalue weighted by Crippen LogP contribution is 2.19. The molecule has 5 heteroatoms. The van der Waals surface area contributed by atoms with Crippen LogP contribution in [0.4, 0.5) is 11.4 Å². The van der Waals surface area contributed by atoms with E-state index >= 15 is 0 Å². The van der Waals surface area contributed by atoms with Crippen molar-refractivity contribution >= 4 is 39.0 Å². The molecule has 0 bridgehead atoms. The third-order valence-corrected chi connectivity index (χ3v) is 4.31. The minimum Gasteiger partial charge on any atom is -0.376 e. The fourth-order valence-electron chi connectivity index (χ4n) is 2.48. The minimum atomic E-state index is -0.221. The van der Waals surface area contributed by atoms with Crippen LogP contribution in [0.5, 0.6) is 0 Å². The predicted molar refractivity (Wildman–Crippen MR) is 108 cm³/mol. The first kappa shape index (κ1) is 17.9. The van der Waals surface area contributed by atoms with Crippen molar-refractivity contribution in [3.63, 3.8) is 0 Å². The Morgan fingerprint density at radius 1 is 0.808 bits per heavy atom. The van der Waals surface area contributed by atoms with E-state index < -0.39 is 0 Å². The molecule has 0 aliphatic heterocycles. The van der Waals surface area contributed by atoms with E-state index in [9.17, 15) is 9.59 Å². The molecule has 3 aromatic rings. The second kappa shape index (κ2) is 8.45. The quantitative estimate of drug-likeness (QED) is 0.579. The summed E-state index contributed by atoms with van der Waals surface area (Å²) in [5.41, 5.74) is 2.40. The fraction of sp³-hybridized carbons (Fsp3) is 0.0476. The smallest absolute Gasteiger partial charge is 0.243 e. The molecule has 0 aliphatic carbocycles. The van der Waals surface area contributed by atoms with E-state index in [0.717, 1.165) is 10.2 Å². The largest absolute Gasteiger partial charge is 0.376 e. The summed E-state index contributed by atoms with van der Waals surface area (Å²) in [6.45, 7) is 0.107. The van der Waals surface area contributed by atoms with E-state index in [0.29, 0.717) is 16.8 Å². The predicted octanol–water partition coefficient (Wildman–Crippen LogP) is 4.73. The highest BCUT2D eigenvalue weighted by Gasteiger charge is 2.14. The first-order valence-electron chi connectivity index (χ1n) is 8.11. The Hall–Kier alpha value is -2.92. The lowest BCUT2D eigenvalue weighted by molar-refractivity contribution is -0.114. The Morgan fingerprint density at radius 3 is 2.19 bits per heavy atom. The number of amides is 1. The average molecular weight is 409 g/mol. The summed E-state index contributed by atoms with van der Waals surface area (Å²) in [5, 5.41) is 5.87. The van der Waals surface area contributed by atoms with E-state index in [1.165, 1.54) is 0 Å². The lowest BCUT2D eigenvalue weighted by Gasteiger charge is -2.11. The molecule has 0 atom stereocenters. The molecular weight excluding hydrogens is 392 g/mol. The van der Waals surface area contributed by atoms with E-state index in [2.05, 4.69) is 26.6 Å². The molecule has 0 aliphatic rings. The van der Waals surface area contributed by atoms with Gasteiger partial charge in [-0.15, -0.1) is 0 Å². The maximum atomic E-state index is 12.7. The molecule has 2 N–H and O–H groups in total. The Morgan fingerprint density at radius 2 is 1.46 bits per heavy atom. The molecule has 3 rings (SSSR count). The second-order valence-corrected chi connectivity index (χ2v) is 6.57. The number of benzene rings is 3. The number of nitrogens with one attached hydrogen (secondary N) is 2. The van der Waals surface area contributed by atoms with Crippen molar-refractivity contribution < 1.29 is 9.59 Å². The second-order valence-electron chi connectivity index (χ2n) is 5.65. The molecule has 0 saturated heterocycles. The van der Waals surface area contributed by atoms with Gasteiger partial charge in [0.15, 0.2) is 5.78 Å². The molecule has 0 fully saturated rings. The zero-order valence-electron chi connectivity index (χ0n) is 13.9. The van der Waals surface area contributed by atoms with Gasteiger partial charge in [0.2, 0.25) is 5.91 Å². The lowest BCUT2D eigenvalue weighted by Crippen LogP contribution is -2.23. The van der Waals surface area contributed by atoms with Crippen molar-refractivity contribution in [2.45, 2.75) is 0 Å². The number of hydrogen-bond acceptors (Lipinski definition) is 3. The number of ketones is 1. The SMILES string of the molecule is O=C(CNc1ccc(Br)cc1)Nc1ccccc1C(=O)c1ccccc1. The maximum Gasteiger partial charge on any atom is 0.243 e. The molecule has 0 heterocycles. The van der Waals surface area contributed by atoms with E-state index in [4.69, 9.17) is 0 Å². The summed E-state index contributed by atoms with van der Waals surface area (Å²) >= 11 is 3.37. The van der Waals surface area contributed by atoms with Crippen LogP contribution in [0.2, 0.25) is 0 Å². The van der Waals surface area contributed by atoms with Crippen molar-refractivity contribution in [2.24, 2.45) is 0 Å². The minimum absolute atomic E-state index is 0.107. The first-order chi connectivity index (χ1) is 12.6. The standard InChI is InChI=1S/C21H17BrN2O2/c22-16-10-12-17(13-11-16)23-14-20(25)24-19-9-5-4-8-18(19)21(26)15-6-2-1-3-7-15/h1-13,23H,14H2,(H,24,25). The van der Waals surface area contributed by atoms with Crippen LogP contribution in [0.25, 0.3) is 0 Å². The average Bonchev–Trinajstić information content (AvgIpc) is 2.68. The van der Waals surface area contributed by atoms with Gasteiger partial charge in [0.05, 0.1) is 12.2 Å². The van der Waals surface area contributed by atoms with Gasteiger partial charge < -0.3 is 10.6 Å². The van der Waals surface area contributed by atoms with Crippen LogP contribution in [0.1, 0.15) is 15.9 Å². The van der Waals surface area contributed by atoms with E-state index in [1.54, 1.807) is 36.4 Å². The number of carbonyl (C=O) groups excluding carboxylic acids is 2. The van der Waals surface area contributed by atoms with E-state index in [1.807, 2.05) is 42.5 Å². The number of carbonyl (C=O) groups is 2. The summed E-state index contributed by atoms with van der Waals surface area (Å²) in [6, 6.07) is 23.6. The van der Waals surface area contributed by atoms with Gasteiger partial charge in [-0.05, 0) is 36.4 Å². The summed E-state index contributed by atoms with van der Waals surface area (Å²) in [7, 11) is 0. The van der Waals surface area contributed by atoms with Gasteiger partial charge in [-0.2, -0.15) is 0 Å². The van der Waals surface area contributed by atoms with E-state index in [-0.39, 0.29) is 18.2 Å². The third-order valence-electron chi connectivity index (χ3n) is 3.78. The normalized spacial score (nSPS) is 10.2. The van der Waals surface area contributed by atoms with Crippen LogP contribution in [0.3, 0.4) is 0 Å². The number of hydrogen-bond donors (Lipinski definition) is 2. The summed E-state index contributed by atoms with van der Waals surface area (Å²) < 4.78 is 0.973. The Labute approximate surface area is 160 Å². The van der Waals surface area contributed by atoms with Crippen molar-refractivity contribution in [3.05, 3.63) is 94.5 Å². The van der Waals surface area contributed by atoms with Gasteiger partial charge >= 0.3 is 0 Å². The summed E-state index contributed by atoms with van der Waals surface area (Å²) in [5.74, 6) is -0.344. The Balaban J connectivity index is 1.69. The van der Waals surface area contributed by atoms with Crippen LogP contribution in [-0.4, -0.2) is 18.2 Å². The monoisotopic (exact) mass is 408 g/mol. The number of para-hydroxylation sites is 1. The summed E-state index contributed by atoms with van der Waals surface area (Å²) in [6.07, 6.45) is 0. The van der Waals surface area contributed by atoms with Gasteiger partial charge in [0, 0.05) is 21.3 Å². The number of halogens is 1. The van der Waals surface area contributed by atoms with Crippen molar-refractivity contribution in [1.82, 2.24) is 0 Å². The van der Waals surface area contributed by atoms with Crippen LogP contribution < -0.4 is 10.6 Å².